The van der Waals surface area contributed by atoms with Crippen molar-refractivity contribution in [3.05, 3.63) is 12.7 Å². The molecule has 0 aromatic heterocycles. The molecule has 5 nitrogen and oxygen atoms in total. The van der Waals surface area contributed by atoms with E-state index in [1.165, 1.54) is 18.9 Å². The van der Waals surface area contributed by atoms with E-state index in [2.05, 4.69) is 17.2 Å². The van der Waals surface area contributed by atoms with Crippen LogP contribution in [0, 0.1) is 0 Å². The maximum absolute atomic E-state index is 11.5. The number of amides is 2. The van der Waals surface area contributed by atoms with E-state index in [0.717, 1.165) is 12.2 Å². The highest BCUT2D eigenvalue weighted by atomic mass is 32.2. The lowest BCUT2D eigenvalue weighted by molar-refractivity contribution is -0.139. The van der Waals surface area contributed by atoms with Gasteiger partial charge in [0, 0.05) is 11.8 Å². The minimum atomic E-state index is -1.04. The van der Waals surface area contributed by atoms with E-state index in [0.29, 0.717) is 11.8 Å². The average molecular weight is 272 g/mol. The van der Waals surface area contributed by atoms with E-state index in [1.807, 2.05) is 11.8 Å². The molecule has 2 unspecified atom stereocenters. The van der Waals surface area contributed by atoms with Gasteiger partial charge in [-0.1, -0.05) is 12.5 Å². The molecule has 0 aliphatic carbocycles. The third kappa shape index (κ3) is 5.44. The Bertz CT molecular complexity index is 304. The monoisotopic (exact) mass is 272 g/mol. The number of thioether (sulfide) groups is 1. The van der Waals surface area contributed by atoms with Crippen molar-refractivity contribution >= 4 is 23.8 Å². The number of urea groups is 1. The molecular weight excluding hydrogens is 252 g/mol. The molecule has 0 aromatic rings. The molecule has 1 saturated heterocycles. The Kier molecular flexibility index (Phi) is 6.64. The van der Waals surface area contributed by atoms with Gasteiger partial charge in [0.05, 0.1) is 0 Å². The molecule has 6 heteroatoms. The Morgan fingerprint density at radius 2 is 2.28 bits per heavy atom. The molecule has 0 saturated carbocycles. The first-order valence-electron chi connectivity index (χ1n) is 6.13. The van der Waals surface area contributed by atoms with Gasteiger partial charge < -0.3 is 15.7 Å². The number of carbonyl (C=O) groups excluding carboxylic acids is 1. The number of carboxylic acid groups (broad SMARTS) is 1. The third-order valence-corrected chi connectivity index (χ3v) is 4.17. The molecule has 1 heterocycles. The Morgan fingerprint density at radius 1 is 1.50 bits per heavy atom. The maximum atomic E-state index is 11.5. The minimum absolute atomic E-state index is 0.223. The van der Waals surface area contributed by atoms with Crippen LogP contribution in [0.4, 0.5) is 4.79 Å². The highest BCUT2D eigenvalue weighted by Crippen LogP contribution is 2.24. The van der Waals surface area contributed by atoms with Crippen LogP contribution in [0.5, 0.6) is 0 Å². The summed E-state index contributed by atoms with van der Waals surface area (Å²) in [6.07, 6.45) is 5.26. The molecule has 0 bridgehead atoms. The van der Waals surface area contributed by atoms with Crippen LogP contribution >= 0.6 is 11.8 Å². The summed E-state index contributed by atoms with van der Waals surface area (Å²) >= 11 is 1.87. The average Bonchev–Trinajstić information content (AvgIpc) is 2.37. The summed E-state index contributed by atoms with van der Waals surface area (Å²) in [6.45, 7) is 4.07. The lowest BCUT2D eigenvalue weighted by Gasteiger charge is -2.22. The topological polar surface area (TPSA) is 78.4 Å². The smallest absolute Gasteiger partial charge is 0.326 e. The minimum Gasteiger partial charge on any atom is -0.480 e. The summed E-state index contributed by atoms with van der Waals surface area (Å²) in [5.41, 5.74) is 0. The molecule has 2 atom stereocenters. The number of nitrogens with one attached hydrogen (secondary N) is 2. The van der Waals surface area contributed by atoms with Crippen LogP contribution in [0.15, 0.2) is 12.7 Å². The number of aliphatic carboxylic acids is 1. The van der Waals surface area contributed by atoms with Crippen LogP contribution in [0.3, 0.4) is 0 Å². The summed E-state index contributed by atoms with van der Waals surface area (Å²) in [5.74, 6) is 0.0967. The fourth-order valence-corrected chi connectivity index (χ4v) is 3.01. The van der Waals surface area contributed by atoms with Crippen LogP contribution in [-0.4, -0.2) is 40.7 Å². The van der Waals surface area contributed by atoms with Crippen molar-refractivity contribution in [1.82, 2.24) is 10.6 Å². The standard InChI is InChI=1S/C12H20N2O3S/c1-2-5-10(11(15)16)14-12(17)13-8-9-6-3-4-7-18-9/h2,9-10H,1,3-8H2,(H,15,16)(H2,13,14,17). The molecule has 1 aliphatic heterocycles. The first-order chi connectivity index (χ1) is 8.63. The third-order valence-electron chi connectivity index (χ3n) is 2.77. The Morgan fingerprint density at radius 3 is 2.83 bits per heavy atom. The van der Waals surface area contributed by atoms with Crippen molar-refractivity contribution in [2.24, 2.45) is 0 Å². The lowest BCUT2D eigenvalue weighted by atomic mass is 10.2. The molecule has 102 valence electrons. The number of rotatable bonds is 6. The predicted molar refractivity (Wildman–Crippen MR) is 72.9 cm³/mol. The van der Waals surface area contributed by atoms with Crippen molar-refractivity contribution < 1.29 is 14.7 Å². The van der Waals surface area contributed by atoms with Gasteiger partial charge in [0.1, 0.15) is 6.04 Å². The number of carboxylic acids is 1. The van der Waals surface area contributed by atoms with Crippen molar-refractivity contribution in [3.63, 3.8) is 0 Å². The Balaban J connectivity index is 2.26. The van der Waals surface area contributed by atoms with E-state index in [4.69, 9.17) is 5.11 Å². The van der Waals surface area contributed by atoms with E-state index in [-0.39, 0.29) is 6.42 Å². The molecule has 1 aliphatic rings. The van der Waals surface area contributed by atoms with Crippen LogP contribution in [0.2, 0.25) is 0 Å². The van der Waals surface area contributed by atoms with Gasteiger partial charge in [-0.05, 0) is 25.0 Å². The highest BCUT2D eigenvalue weighted by molar-refractivity contribution is 7.99. The summed E-state index contributed by atoms with van der Waals surface area (Å²) in [5, 5.41) is 14.5. The molecule has 0 aromatic carbocycles. The SMILES string of the molecule is C=CCC(NC(=O)NCC1CCCCS1)C(=O)O. The van der Waals surface area contributed by atoms with E-state index >= 15 is 0 Å². The molecule has 0 spiro atoms. The van der Waals surface area contributed by atoms with Crippen molar-refractivity contribution in [3.8, 4) is 0 Å². The quantitative estimate of drug-likeness (QED) is 0.642. The van der Waals surface area contributed by atoms with Crippen LogP contribution < -0.4 is 10.6 Å². The molecule has 0 radical (unpaired) electrons. The van der Waals surface area contributed by atoms with E-state index in [1.54, 1.807) is 0 Å². The van der Waals surface area contributed by atoms with E-state index < -0.39 is 18.0 Å². The van der Waals surface area contributed by atoms with Gasteiger partial charge in [-0.2, -0.15) is 11.8 Å². The van der Waals surface area contributed by atoms with Gasteiger partial charge >= 0.3 is 12.0 Å². The summed E-state index contributed by atoms with van der Waals surface area (Å²) in [4.78, 5) is 22.4. The Hall–Kier alpha value is -1.17. The normalized spacial score (nSPS) is 20.8. The predicted octanol–water partition coefficient (Wildman–Crippen LogP) is 1.60. The molecule has 1 fully saturated rings. The fourth-order valence-electron chi connectivity index (χ4n) is 1.77. The first kappa shape index (κ1) is 14.9. The molecule has 2 amide bonds. The van der Waals surface area contributed by atoms with Gasteiger partial charge in [0.15, 0.2) is 0 Å². The van der Waals surface area contributed by atoms with Gasteiger partial charge in [-0.15, -0.1) is 6.58 Å². The Labute approximate surface area is 111 Å². The first-order valence-corrected chi connectivity index (χ1v) is 7.18. The van der Waals surface area contributed by atoms with Crippen LogP contribution in [0.25, 0.3) is 0 Å². The van der Waals surface area contributed by atoms with Crippen molar-refractivity contribution in [2.45, 2.75) is 37.0 Å². The zero-order chi connectivity index (χ0) is 13.4. The molecule has 18 heavy (non-hydrogen) atoms. The largest absolute Gasteiger partial charge is 0.480 e. The highest BCUT2D eigenvalue weighted by Gasteiger charge is 2.19. The van der Waals surface area contributed by atoms with Crippen molar-refractivity contribution in [2.75, 3.05) is 12.3 Å². The maximum Gasteiger partial charge on any atom is 0.326 e. The fraction of sp³-hybridized carbons (Fsp3) is 0.667. The second kappa shape index (κ2) is 8.02. The van der Waals surface area contributed by atoms with Crippen LogP contribution in [-0.2, 0) is 4.79 Å². The van der Waals surface area contributed by atoms with E-state index in [9.17, 15) is 9.59 Å². The summed E-state index contributed by atoms with van der Waals surface area (Å²) in [6, 6.07) is -1.32. The second-order valence-corrected chi connectivity index (χ2v) is 5.67. The summed E-state index contributed by atoms with van der Waals surface area (Å²) < 4.78 is 0. The number of hydrogen-bond donors (Lipinski definition) is 3. The van der Waals surface area contributed by atoms with Gasteiger partial charge in [0.25, 0.3) is 0 Å². The second-order valence-electron chi connectivity index (χ2n) is 4.26. The van der Waals surface area contributed by atoms with Gasteiger partial charge in [-0.3, -0.25) is 0 Å². The molecule has 1 rings (SSSR count). The zero-order valence-corrected chi connectivity index (χ0v) is 11.2. The molecular formula is C12H20N2O3S. The lowest BCUT2D eigenvalue weighted by Crippen LogP contribution is -2.47. The molecule has 3 N–H and O–H groups in total. The number of hydrogen-bond acceptors (Lipinski definition) is 3. The summed E-state index contributed by atoms with van der Waals surface area (Å²) in [7, 11) is 0. The number of carbonyl (C=O) groups is 2. The van der Waals surface area contributed by atoms with Gasteiger partial charge in [-0.25, -0.2) is 9.59 Å². The van der Waals surface area contributed by atoms with Crippen LogP contribution in [0.1, 0.15) is 25.7 Å². The van der Waals surface area contributed by atoms with Crippen molar-refractivity contribution in [1.29, 1.82) is 0 Å². The van der Waals surface area contributed by atoms with Gasteiger partial charge in [0.2, 0.25) is 0 Å². The zero-order valence-electron chi connectivity index (χ0n) is 10.4.